The molecular weight excluding hydrogens is 308 g/mol. The van der Waals surface area contributed by atoms with Crippen LogP contribution in [0.4, 0.5) is 4.79 Å². The lowest BCUT2D eigenvalue weighted by molar-refractivity contribution is 0.194. The number of carboxylic acid groups (broad SMARTS) is 1. The van der Waals surface area contributed by atoms with Crippen LogP contribution in [0.25, 0.3) is 11.4 Å². The molecule has 2 N–H and O–H groups in total. The van der Waals surface area contributed by atoms with E-state index in [0.717, 1.165) is 16.7 Å². The van der Waals surface area contributed by atoms with Gasteiger partial charge in [0.2, 0.25) is 5.82 Å². The SMILES string of the molecule is O=C(O)NCCc1ccc(-c2nnn(Cc3cccnc3)n2)cc1. The first-order valence-corrected chi connectivity index (χ1v) is 7.43. The Labute approximate surface area is 138 Å². The molecule has 1 aromatic carbocycles. The van der Waals surface area contributed by atoms with Gasteiger partial charge >= 0.3 is 6.09 Å². The number of nitrogens with zero attached hydrogens (tertiary/aromatic N) is 5. The summed E-state index contributed by atoms with van der Waals surface area (Å²) in [5.41, 5.74) is 2.90. The van der Waals surface area contributed by atoms with Crippen molar-refractivity contribution in [3.05, 3.63) is 59.9 Å². The Morgan fingerprint density at radius 2 is 2.00 bits per heavy atom. The van der Waals surface area contributed by atoms with Gasteiger partial charge in [0.25, 0.3) is 0 Å². The number of hydrogen-bond acceptors (Lipinski definition) is 5. The largest absolute Gasteiger partial charge is 0.465 e. The summed E-state index contributed by atoms with van der Waals surface area (Å²) < 4.78 is 0. The quantitative estimate of drug-likeness (QED) is 0.713. The zero-order valence-electron chi connectivity index (χ0n) is 12.8. The maximum absolute atomic E-state index is 10.4. The maximum Gasteiger partial charge on any atom is 0.404 e. The average molecular weight is 324 g/mol. The van der Waals surface area contributed by atoms with Crippen LogP contribution in [0.1, 0.15) is 11.1 Å². The van der Waals surface area contributed by atoms with Crippen LogP contribution in [0.15, 0.2) is 48.8 Å². The molecule has 1 amide bonds. The monoisotopic (exact) mass is 324 g/mol. The highest BCUT2D eigenvalue weighted by atomic mass is 16.4. The summed E-state index contributed by atoms with van der Waals surface area (Å²) >= 11 is 0. The predicted octanol–water partition coefficient (Wildman–Crippen LogP) is 1.59. The van der Waals surface area contributed by atoms with Crippen LogP contribution in [-0.4, -0.2) is 42.9 Å². The van der Waals surface area contributed by atoms with E-state index >= 15 is 0 Å². The van der Waals surface area contributed by atoms with E-state index in [1.54, 1.807) is 12.4 Å². The second kappa shape index (κ2) is 7.32. The van der Waals surface area contributed by atoms with Gasteiger partial charge in [-0.25, -0.2) is 4.79 Å². The Balaban J connectivity index is 1.63. The van der Waals surface area contributed by atoms with E-state index in [4.69, 9.17) is 5.11 Å². The molecule has 0 unspecified atom stereocenters. The molecule has 2 aromatic heterocycles. The van der Waals surface area contributed by atoms with E-state index in [2.05, 4.69) is 25.7 Å². The van der Waals surface area contributed by atoms with Crippen molar-refractivity contribution in [2.24, 2.45) is 0 Å². The number of rotatable bonds is 6. The van der Waals surface area contributed by atoms with E-state index in [9.17, 15) is 4.79 Å². The summed E-state index contributed by atoms with van der Waals surface area (Å²) in [5, 5.41) is 23.4. The molecule has 0 saturated heterocycles. The van der Waals surface area contributed by atoms with Crippen molar-refractivity contribution in [2.75, 3.05) is 6.54 Å². The first-order valence-electron chi connectivity index (χ1n) is 7.43. The molecule has 0 atom stereocenters. The van der Waals surface area contributed by atoms with Crippen LogP contribution in [0.2, 0.25) is 0 Å². The molecule has 0 fully saturated rings. The molecule has 0 radical (unpaired) electrons. The molecule has 3 aromatic rings. The minimum absolute atomic E-state index is 0.383. The van der Waals surface area contributed by atoms with Crippen molar-refractivity contribution in [1.82, 2.24) is 30.5 Å². The Bertz CT molecular complexity index is 801. The standard InChI is InChI=1S/C16H16N6O2/c23-16(24)18-9-7-12-3-5-14(6-4-12)15-19-21-22(20-15)11-13-2-1-8-17-10-13/h1-6,8,10,18H,7,9,11H2,(H,23,24). The zero-order valence-corrected chi connectivity index (χ0v) is 12.8. The lowest BCUT2D eigenvalue weighted by Gasteiger charge is -2.02. The number of pyridine rings is 1. The summed E-state index contributed by atoms with van der Waals surface area (Å²) in [5.74, 6) is 0.550. The number of aromatic nitrogens is 5. The van der Waals surface area contributed by atoms with Crippen LogP contribution in [-0.2, 0) is 13.0 Å². The van der Waals surface area contributed by atoms with Gasteiger partial charge in [-0.15, -0.1) is 10.2 Å². The van der Waals surface area contributed by atoms with Gasteiger partial charge in [-0.1, -0.05) is 30.3 Å². The van der Waals surface area contributed by atoms with Crippen LogP contribution < -0.4 is 5.32 Å². The van der Waals surface area contributed by atoms with E-state index in [1.807, 2.05) is 36.4 Å². The molecule has 0 aliphatic heterocycles. The molecule has 8 heteroatoms. The highest BCUT2D eigenvalue weighted by molar-refractivity contribution is 5.64. The number of carbonyl (C=O) groups is 1. The second-order valence-corrected chi connectivity index (χ2v) is 5.18. The van der Waals surface area contributed by atoms with Crippen molar-refractivity contribution >= 4 is 6.09 Å². The predicted molar refractivity (Wildman–Crippen MR) is 86.3 cm³/mol. The van der Waals surface area contributed by atoms with E-state index in [1.165, 1.54) is 4.80 Å². The number of nitrogens with one attached hydrogen (secondary N) is 1. The smallest absolute Gasteiger partial charge is 0.404 e. The summed E-state index contributed by atoms with van der Waals surface area (Å²) in [6.07, 6.45) is 3.11. The fourth-order valence-corrected chi connectivity index (χ4v) is 2.21. The van der Waals surface area contributed by atoms with E-state index < -0.39 is 6.09 Å². The minimum atomic E-state index is -1.01. The van der Waals surface area contributed by atoms with Crippen LogP contribution in [0.5, 0.6) is 0 Å². The Morgan fingerprint density at radius 3 is 2.71 bits per heavy atom. The van der Waals surface area contributed by atoms with Gasteiger partial charge in [-0.2, -0.15) is 4.80 Å². The summed E-state index contributed by atoms with van der Waals surface area (Å²) in [4.78, 5) is 16.0. The van der Waals surface area contributed by atoms with Gasteiger partial charge in [-0.05, 0) is 28.8 Å². The van der Waals surface area contributed by atoms with Crippen LogP contribution in [0.3, 0.4) is 0 Å². The Hall–Kier alpha value is -3.29. The molecule has 24 heavy (non-hydrogen) atoms. The minimum Gasteiger partial charge on any atom is -0.465 e. The Kier molecular flexibility index (Phi) is 4.76. The third-order valence-corrected chi connectivity index (χ3v) is 3.40. The zero-order chi connectivity index (χ0) is 16.8. The van der Waals surface area contributed by atoms with Gasteiger partial charge < -0.3 is 10.4 Å². The first kappa shape index (κ1) is 15.6. The third kappa shape index (κ3) is 4.13. The maximum atomic E-state index is 10.4. The molecule has 3 rings (SSSR count). The van der Waals surface area contributed by atoms with E-state index in [0.29, 0.717) is 25.3 Å². The summed E-state index contributed by atoms with van der Waals surface area (Å²) in [6.45, 7) is 0.897. The molecule has 8 nitrogen and oxygen atoms in total. The van der Waals surface area contributed by atoms with Crippen LogP contribution in [0, 0.1) is 0 Å². The van der Waals surface area contributed by atoms with Gasteiger partial charge in [0.1, 0.15) is 0 Å². The number of hydrogen-bond donors (Lipinski definition) is 2. The van der Waals surface area contributed by atoms with E-state index in [-0.39, 0.29) is 0 Å². The molecule has 2 heterocycles. The van der Waals surface area contributed by atoms with Gasteiger partial charge in [-0.3, -0.25) is 4.98 Å². The van der Waals surface area contributed by atoms with Gasteiger partial charge in [0.15, 0.2) is 0 Å². The van der Waals surface area contributed by atoms with Gasteiger partial charge in [0.05, 0.1) is 6.54 Å². The van der Waals surface area contributed by atoms with Crippen molar-refractivity contribution in [3.63, 3.8) is 0 Å². The highest BCUT2D eigenvalue weighted by Gasteiger charge is 2.06. The topological polar surface area (TPSA) is 106 Å². The molecule has 0 bridgehead atoms. The number of amides is 1. The fraction of sp³-hybridized carbons (Fsp3) is 0.188. The van der Waals surface area contributed by atoms with Crippen molar-refractivity contribution < 1.29 is 9.90 Å². The van der Waals surface area contributed by atoms with Crippen molar-refractivity contribution in [1.29, 1.82) is 0 Å². The van der Waals surface area contributed by atoms with Crippen LogP contribution >= 0.6 is 0 Å². The Morgan fingerprint density at radius 1 is 1.17 bits per heavy atom. The lowest BCUT2D eigenvalue weighted by Crippen LogP contribution is -2.23. The number of benzene rings is 1. The molecule has 0 saturated carbocycles. The second-order valence-electron chi connectivity index (χ2n) is 5.18. The summed E-state index contributed by atoms with van der Waals surface area (Å²) in [7, 11) is 0. The third-order valence-electron chi connectivity index (χ3n) is 3.40. The first-order chi connectivity index (χ1) is 11.7. The highest BCUT2D eigenvalue weighted by Crippen LogP contribution is 2.15. The average Bonchev–Trinajstić information content (AvgIpc) is 3.04. The fourth-order valence-electron chi connectivity index (χ4n) is 2.21. The number of tetrazole rings is 1. The lowest BCUT2D eigenvalue weighted by atomic mass is 10.1. The van der Waals surface area contributed by atoms with Crippen molar-refractivity contribution in [3.8, 4) is 11.4 Å². The van der Waals surface area contributed by atoms with Gasteiger partial charge in [0, 0.05) is 24.5 Å². The molecule has 0 aliphatic rings. The molecule has 0 aliphatic carbocycles. The molecular formula is C16H16N6O2. The molecule has 0 spiro atoms. The molecule has 122 valence electrons. The normalized spacial score (nSPS) is 10.5. The summed E-state index contributed by atoms with van der Waals surface area (Å²) in [6, 6.07) is 11.5. The van der Waals surface area contributed by atoms with Crippen molar-refractivity contribution in [2.45, 2.75) is 13.0 Å².